The van der Waals surface area contributed by atoms with Crippen molar-refractivity contribution < 1.29 is 21.1 Å². The molecule has 1 aliphatic heterocycles. The van der Waals surface area contributed by atoms with Gasteiger partial charge in [0.1, 0.15) is 11.5 Å². The van der Waals surface area contributed by atoms with E-state index in [1.807, 2.05) is 67.8 Å². The van der Waals surface area contributed by atoms with Crippen LogP contribution in [0.3, 0.4) is 0 Å². The number of para-hydroxylation sites is 3. The van der Waals surface area contributed by atoms with E-state index in [0.29, 0.717) is 45.0 Å². The van der Waals surface area contributed by atoms with Crippen LogP contribution in [0, 0.1) is 0 Å². The Morgan fingerprint density at radius 2 is 1.22 bits per heavy atom. The third-order valence-electron chi connectivity index (χ3n) is 10.2. The third kappa shape index (κ3) is 6.36. The number of aromatic nitrogens is 3. The summed E-state index contributed by atoms with van der Waals surface area (Å²) in [5.41, 5.74) is -0.150. The second-order valence-electron chi connectivity index (χ2n) is 16.2. The second-order valence-corrected chi connectivity index (χ2v) is 16.2. The summed E-state index contributed by atoms with van der Waals surface area (Å²) < 4.78 is 113. The highest BCUT2D eigenvalue weighted by atomic mass is 19.3. The van der Waals surface area contributed by atoms with Gasteiger partial charge >= 0.3 is 11.9 Å². The van der Waals surface area contributed by atoms with Gasteiger partial charge in [0.15, 0.2) is 0 Å². The summed E-state index contributed by atoms with van der Waals surface area (Å²) >= 11 is 0. The van der Waals surface area contributed by atoms with Crippen LogP contribution in [0.15, 0.2) is 122 Å². The predicted molar refractivity (Wildman–Crippen MR) is 223 cm³/mol. The SMILES string of the molecule is [2H]C([2H])([2H])C(c1ccc([N+]2=C=[N+](c3cc(C(C)(C)C)cc(C(F)(F)c4cc5c(cn4)c4ccccc4n5-c4cc(C(C)(C)C)ccn4)c3)c3ccccc32)cc1)(C([2H])([2H])[2H])C([2H])([2H])[2H]. The van der Waals surface area contributed by atoms with E-state index >= 15 is 8.78 Å². The molecule has 8 rings (SSSR count). The topological polar surface area (TPSA) is 36.7 Å². The van der Waals surface area contributed by atoms with Gasteiger partial charge in [-0.1, -0.05) is 105 Å². The van der Waals surface area contributed by atoms with Crippen molar-refractivity contribution in [1.82, 2.24) is 23.7 Å². The van der Waals surface area contributed by atoms with Crippen molar-refractivity contribution in [3.8, 4) is 5.82 Å². The van der Waals surface area contributed by atoms with Crippen LogP contribution < -0.4 is 9.15 Å². The van der Waals surface area contributed by atoms with Gasteiger partial charge in [0.05, 0.1) is 11.0 Å². The van der Waals surface area contributed by atoms with E-state index in [4.69, 9.17) is 17.3 Å². The number of alkyl halides is 2. The number of rotatable bonds is 5. The number of hydrogen-bond acceptors (Lipinski definition) is 2. The minimum absolute atomic E-state index is 0.185. The maximum Gasteiger partial charge on any atom is 0.503 e. The van der Waals surface area contributed by atoms with Crippen LogP contribution in [0.2, 0.25) is 0 Å². The molecule has 0 N–H and O–H groups in total. The Hall–Kier alpha value is -5.78. The van der Waals surface area contributed by atoms with Gasteiger partial charge in [-0.25, -0.2) is 4.98 Å². The number of halogens is 2. The summed E-state index contributed by atoms with van der Waals surface area (Å²) in [7, 11) is 0. The van der Waals surface area contributed by atoms with Crippen molar-refractivity contribution in [1.29, 1.82) is 0 Å². The minimum atomic E-state index is -3.60. The molecular formula is C48H47F2N5+2. The molecule has 1 aliphatic rings. The maximum atomic E-state index is 17.4. The van der Waals surface area contributed by atoms with Crippen molar-refractivity contribution in [2.45, 2.75) is 84.3 Å². The van der Waals surface area contributed by atoms with Crippen LogP contribution in [-0.4, -0.2) is 20.5 Å². The fourth-order valence-electron chi connectivity index (χ4n) is 7.10. The largest absolute Gasteiger partial charge is 0.503 e. The average molecular weight is 741 g/mol. The van der Waals surface area contributed by atoms with Gasteiger partial charge in [-0.2, -0.15) is 8.78 Å². The minimum Gasteiger partial charge on any atom is -0.294 e. The first-order chi connectivity index (χ1) is 29.7. The first-order valence-corrected chi connectivity index (χ1v) is 18.1. The Balaban J connectivity index is 1.29. The highest BCUT2D eigenvalue weighted by Crippen LogP contribution is 2.43. The van der Waals surface area contributed by atoms with Gasteiger partial charge in [0.25, 0.3) is 11.4 Å². The Morgan fingerprint density at radius 1 is 0.582 bits per heavy atom. The zero-order valence-electron chi connectivity index (χ0n) is 40.5. The van der Waals surface area contributed by atoms with Crippen LogP contribution >= 0.6 is 0 Å². The van der Waals surface area contributed by atoms with E-state index in [-0.39, 0.29) is 11.0 Å². The molecule has 0 saturated heterocycles. The van der Waals surface area contributed by atoms with Crippen LogP contribution in [0.5, 0.6) is 0 Å². The molecule has 0 atom stereocenters. The molecule has 0 amide bonds. The van der Waals surface area contributed by atoms with Gasteiger partial charge in [0.2, 0.25) is 11.4 Å². The second kappa shape index (κ2) is 12.6. The Kier molecular flexibility index (Phi) is 6.18. The van der Waals surface area contributed by atoms with E-state index in [2.05, 4.69) is 31.8 Å². The predicted octanol–water partition coefficient (Wildman–Crippen LogP) is 12.5. The average Bonchev–Trinajstić information content (AvgIpc) is 3.75. The molecule has 5 nitrogen and oxygen atoms in total. The normalized spacial score (nSPS) is 16.8. The lowest BCUT2D eigenvalue weighted by Gasteiger charge is -2.23. The number of benzene rings is 4. The molecule has 7 aromatic rings. The van der Waals surface area contributed by atoms with E-state index in [1.54, 1.807) is 39.6 Å². The first kappa shape index (κ1) is 26.9. The highest BCUT2D eigenvalue weighted by molar-refractivity contribution is 6.08. The summed E-state index contributed by atoms with van der Waals surface area (Å²) in [6.45, 7) is 1.86. The zero-order chi connectivity index (χ0) is 46.6. The zero-order valence-corrected chi connectivity index (χ0v) is 31.5. The summed E-state index contributed by atoms with van der Waals surface area (Å²) in [6, 6.07) is 33.5. The standard InChI is InChI=1S/C48H47F2N5/c1-45(2,3)31-18-20-35(21-19-31)53-30-54(41-17-13-12-16-40(41)53)36-25-33(47(7,8)9)24-34(26-36)48(49,50)43-28-42-38(29-52-43)37-14-10-11-15-39(37)55(42)44-27-32(22-23-51-44)46(4,5)6/h10-29H,1-9H3/q+2/i1D3,2D3,3D3. The van der Waals surface area contributed by atoms with Crippen molar-refractivity contribution in [2.24, 2.45) is 0 Å². The lowest BCUT2D eigenvalue weighted by molar-refractivity contribution is 0.0380. The Bertz CT molecular complexity index is 3020. The lowest BCUT2D eigenvalue weighted by Crippen LogP contribution is -2.20. The number of hydrogen-bond donors (Lipinski definition) is 0. The fraction of sp³-hybridized carbons (Fsp3) is 0.271. The molecule has 4 heterocycles. The molecule has 0 fully saturated rings. The smallest absolute Gasteiger partial charge is 0.294 e. The third-order valence-corrected chi connectivity index (χ3v) is 10.2. The molecule has 4 aromatic carbocycles. The molecule has 7 heteroatoms. The van der Waals surface area contributed by atoms with Gasteiger partial charge in [-0.15, -0.1) is 0 Å². The van der Waals surface area contributed by atoms with E-state index in [0.717, 1.165) is 16.5 Å². The van der Waals surface area contributed by atoms with Crippen LogP contribution in [0.4, 0.5) is 31.5 Å². The van der Waals surface area contributed by atoms with Crippen molar-refractivity contribution in [3.63, 3.8) is 0 Å². The molecule has 0 saturated carbocycles. The molecular weight excluding hydrogens is 685 g/mol. The Morgan fingerprint density at radius 3 is 1.89 bits per heavy atom. The van der Waals surface area contributed by atoms with E-state index in [9.17, 15) is 0 Å². The maximum absolute atomic E-state index is 17.4. The highest BCUT2D eigenvalue weighted by Gasteiger charge is 2.41. The number of fused-ring (bicyclic) bond motifs is 4. The van der Waals surface area contributed by atoms with E-state index < -0.39 is 48.6 Å². The van der Waals surface area contributed by atoms with Gasteiger partial charge in [-0.05, 0) is 72.4 Å². The lowest BCUT2D eigenvalue weighted by atomic mass is 9.84. The Labute approximate surface area is 334 Å². The fourth-order valence-corrected chi connectivity index (χ4v) is 7.10. The van der Waals surface area contributed by atoms with Gasteiger partial charge < -0.3 is 0 Å². The summed E-state index contributed by atoms with van der Waals surface area (Å²) in [5, 5.41) is 1.55. The molecule has 3 aromatic heterocycles. The number of nitrogens with zero attached hydrogens (tertiary/aromatic N) is 5. The van der Waals surface area contributed by atoms with Crippen LogP contribution in [-0.2, 0) is 22.2 Å². The molecule has 0 spiro atoms. The van der Waals surface area contributed by atoms with Gasteiger partial charge in [0, 0.05) is 77.5 Å². The first-order valence-electron chi connectivity index (χ1n) is 22.6. The monoisotopic (exact) mass is 740 g/mol. The molecule has 276 valence electrons. The van der Waals surface area contributed by atoms with Crippen LogP contribution in [0.1, 0.15) is 102 Å². The van der Waals surface area contributed by atoms with E-state index in [1.165, 1.54) is 48.7 Å². The van der Waals surface area contributed by atoms with Crippen molar-refractivity contribution >= 4 is 50.6 Å². The molecule has 0 radical (unpaired) electrons. The molecule has 0 bridgehead atoms. The summed E-state index contributed by atoms with van der Waals surface area (Å²) in [4.78, 5) is 9.12. The quantitative estimate of drug-likeness (QED) is 0.165. The number of pyridine rings is 2. The molecule has 55 heavy (non-hydrogen) atoms. The van der Waals surface area contributed by atoms with Crippen molar-refractivity contribution in [3.05, 3.63) is 150 Å². The van der Waals surface area contributed by atoms with Crippen molar-refractivity contribution in [2.75, 3.05) is 0 Å². The van der Waals surface area contributed by atoms with Crippen LogP contribution in [0.25, 0.3) is 27.6 Å². The summed E-state index contributed by atoms with van der Waals surface area (Å²) in [6.07, 6.45) is 3.23. The molecule has 0 unspecified atom stereocenters. The molecule has 0 aliphatic carbocycles. The summed E-state index contributed by atoms with van der Waals surface area (Å²) in [5.74, 6) is -3.00. The van der Waals surface area contributed by atoms with Gasteiger partial charge in [-0.3, -0.25) is 9.55 Å².